The van der Waals surface area contributed by atoms with Gasteiger partial charge in [-0.15, -0.1) is 11.3 Å². The Morgan fingerprint density at radius 1 is 1.33 bits per heavy atom. The monoisotopic (exact) mass is 395 g/mol. The average molecular weight is 395 g/mol. The minimum Gasteiger partial charge on any atom is -0.346 e. The van der Waals surface area contributed by atoms with E-state index in [-0.39, 0.29) is 23.1 Å². The maximum atomic E-state index is 13.5. The van der Waals surface area contributed by atoms with Crippen molar-refractivity contribution >= 4 is 28.1 Å². The molecule has 27 heavy (non-hydrogen) atoms. The SMILES string of the molecule is Cc1ccc2c(c1)c(=O)cc(C(F)(F)F)n2C[C@@H](C)NC(=O)c1cscn1. The highest BCUT2D eigenvalue weighted by Gasteiger charge is 2.35. The lowest BCUT2D eigenvalue weighted by Gasteiger charge is -2.22. The number of alkyl halides is 3. The molecule has 142 valence electrons. The van der Waals surface area contributed by atoms with E-state index in [1.807, 2.05) is 0 Å². The second-order valence-corrected chi connectivity index (χ2v) is 6.99. The minimum atomic E-state index is -4.70. The van der Waals surface area contributed by atoms with Gasteiger partial charge >= 0.3 is 6.18 Å². The third-order valence-electron chi connectivity index (χ3n) is 4.06. The molecule has 5 nitrogen and oxygen atoms in total. The first-order valence-corrected chi connectivity index (χ1v) is 9.01. The van der Waals surface area contributed by atoms with Crippen molar-refractivity contribution in [3.8, 4) is 0 Å². The minimum absolute atomic E-state index is 0.148. The van der Waals surface area contributed by atoms with Gasteiger partial charge in [-0.2, -0.15) is 13.2 Å². The Morgan fingerprint density at radius 2 is 2.07 bits per heavy atom. The number of benzene rings is 1. The number of nitrogens with zero attached hydrogens (tertiary/aromatic N) is 2. The number of fused-ring (bicyclic) bond motifs is 1. The molecule has 0 saturated heterocycles. The van der Waals surface area contributed by atoms with E-state index in [1.54, 1.807) is 31.4 Å². The summed E-state index contributed by atoms with van der Waals surface area (Å²) < 4.78 is 41.6. The lowest BCUT2D eigenvalue weighted by atomic mass is 10.1. The van der Waals surface area contributed by atoms with E-state index in [0.717, 1.165) is 10.1 Å². The van der Waals surface area contributed by atoms with E-state index < -0.39 is 29.2 Å². The average Bonchev–Trinajstić information content (AvgIpc) is 3.11. The summed E-state index contributed by atoms with van der Waals surface area (Å²) in [6.45, 7) is 3.21. The van der Waals surface area contributed by atoms with Crippen LogP contribution in [-0.2, 0) is 12.7 Å². The molecule has 9 heteroatoms. The highest BCUT2D eigenvalue weighted by Crippen LogP contribution is 2.30. The first kappa shape index (κ1) is 19.1. The summed E-state index contributed by atoms with van der Waals surface area (Å²) in [7, 11) is 0. The van der Waals surface area contributed by atoms with Crippen LogP contribution in [0.2, 0.25) is 0 Å². The van der Waals surface area contributed by atoms with Crippen LogP contribution in [0, 0.1) is 6.92 Å². The van der Waals surface area contributed by atoms with Gasteiger partial charge in [-0.1, -0.05) is 11.6 Å². The topological polar surface area (TPSA) is 64.0 Å². The number of aromatic nitrogens is 2. The molecule has 0 aliphatic carbocycles. The summed E-state index contributed by atoms with van der Waals surface area (Å²) in [6.07, 6.45) is -4.70. The highest BCUT2D eigenvalue weighted by molar-refractivity contribution is 7.07. The summed E-state index contributed by atoms with van der Waals surface area (Å²) in [4.78, 5) is 28.2. The van der Waals surface area contributed by atoms with Crippen LogP contribution in [-0.4, -0.2) is 21.5 Å². The molecule has 0 spiro atoms. The number of nitrogens with one attached hydrogen (secondary N) is 1. The Kier molecular flexibility index (Phi) is 5.05. The normalized spacial score (nSPS) is 12.9. The molecule has 3 rings (SSSR count). The van der Waals surface area contributed by atoms with Crippen LogP contribution in [0.1, 0.15) is 28.7 Å². The number of rotatable bonds is 4. The Hall–Kier alpha value is -2.68. The molecule has 2 aromatic heterocycles. The summed E-state index contributed by atoms with van der Waals surface area (Å²) >= 11 is 1.25. The zero-order chi connectivity index (χ0) is 19.8. The maximum Gasteiger partial charge on any atom is 0.431 e. The standard InChI is InChI=1S/C18H16F3N3O2S/c1-10-3-4-14-12(5-10)15(25)6-16(18(19,20)21)24(14)7-11(2)23-17(26)13-8-27-9-22-13/h3-6,8-9,11H,7H2,1-2H3,(H,23,26)/t11-/m1/s1. The van der Waals surface area contributed by atoms with Gasteiger partial charge in [0.05, 0.1) is 11.0 Å². The number of carbonyl (C=O) groups is 1. The van der Waals surface area contributed by atoms with E-state index in [2.05, 4.69) is 10.3 Å². The number of amides is 1. The lowest BCUT2D eigenvalue weighted by Crippen LogP contribution is -2.37. The molecule has 0 aliphatic heterocycles. The van der Waals surface area contributed by atoms with Gasteiger partial charge < -0.3 is 9.88 Å². The Balaban J connectivity index is 2.02. The van der Waals surface area contributed by atoms with Gasteiger partial charge in [0.2, 0.25) is 0 Å². The fourth-order valence-electron chi connectivity index (χ4n) is 2.87. The van der Waals surface area contributed by atoms with Gasteiger partial charge in [-0.3, -0.25) is 9.59 Å². The van der Waals surface area contributed by atoms with Crippen molar-refractivity contribution in [1.29, 1.82) is 0 Å². The second kappa shape index (κ2) is 7.15. The molecule has 1 atom stereocenters. The van der Waals surface area contributed by atoms with Crippen LogP contribution >= 0.6 is 11.3 Å². The van der Waals surface area contributed by atoms with Gasteiger partial charge in [-0.05, 0) is 26.0 Å². The summed E-state index contributed by atoms with van der Waals surface area (Å²) in [6, 6.07) is 4.70. The van der Waals surface area contributed by atoms with Crippen molar-refractivity contribution in [3.05, 3.63) is 62.3 Å². The van der Waals surface area contributed by atoms with Gasteiger partial charge in [-0.25, -0.2) is 4.98 Å². The van der Waals surface area contributed by atoms with Gasteiger partial charge in [0, 0.05) is 29.4 Å². The maximum absolute atomic E-state index is 13.5. The molecule has 0 aliphatic rings. The fraction of sp³-hybridized carbons (Fsp3) is 0.278. The lowest BCUT2D eigenvalue weighted by molar-refractivity contribution is -0.143. The molecule has 1 amide bonds. The van der Waals surface area contributed by atoms with E-state index >= 15 is 0 Å². The summed E-state index contributed by atoms with van der Waals surface area (Å²) in [5.74, 6) is -0.460. The first-order valence-electron chi connectivity index (χ1n) is 8.07. The highest BCUT2D eigenvalue weighted by atomic mass is 32.1. The number of pyridine rings is 1. The summed E-state index contributed by atoms with van der Waals surface area (Å²) in [5, 5.41) is 4.40. The molecule has 0 fully saturated rings. The molecule has 0 unspecified atom stereocenters. The van der Waals surface area contributed by atoms with Gasteiger partial charge in [0.15, 0.2) is 5.43 Å². The molecule has 1 N–H and O–H groups in total. The van der Waals surface area contributed by atoms with E-state index in [1.165, 1.54) is 22.9 Å². The second-order valence-electron chi connectivity index (χ2n) is 6.27. The van der Waals surface area contributed by atoms with Crippen LogP contribution in [0.15, 0.2) is 40.0 Å². The first-order chi connectivity index (χ1) is 12.7. The predicted octanol–water partition coefficient (Wildman–Crippen LogP) is 3.60. The van der Waals surface area contributed by atoms with Crippen LogP contribution in [0.4, 0.5) is 13.2 Å². The Bertz CT molecular complexity index is 1040. The zero-order valence-corrected chi connectivity index (χ0v) is 15.3. The van der Waals surface area contributed by atoms with Crippen LogP contribution in [0.5, 0.6) is 0 Å². The Labute approximate surface area is 156 Å². The Morgan fingerprint density at radius 3 is 2.70 bits per heavy atom. The van der Waals surface area contributed by atoms with Crippen LogP contribution < -0.4 is 10.7 Å². The number of thiazole rings is 1. The number of hydrogen-bond acceptors (Lipinski definition) is 4. The predicted molar refractivity (Wildman–Crippen MR) is 97.0 cm³/mol. The van der Waals surface area contributed by atoms with Crippen molar-refractivity contribution in [2.75, 3.05) is 0 Å². The number of aryl methyl sites for hydroxylation is 1. The molecule has 1 aromatic carbocycles. The molecule has 0 radical (unpaired) electrons. The third-order valence-corrected chi connectivity index (χ3v) is 4.64. The molecule has 0 saturated carbocycles. The fourth-order valence-corrected chi connectivity index (χ4v) is 3.40. The molecule has 0 bridgehead atoms. The largest absolute Gasteiger partial charge is 0.431 e. The third kappa shape index (κ3) is 4.02. The number of hydrogen-bond donors (Lipinski definition) is 1. The van der Waals surface area contributed by atoms with Crippen LogP contribution in [0.25, 0.3) is 10.9 Å². The molecule has 2 heterocycles. The quantitative estimate of drug-likeness (QED) is 0.734. The molecule has 3 aromatic rings. The smallest absolute Gasteiger partial charge is 0.346 e. The van der Waals surface area contributed by atoms with Gasteiger partial charge in [0.1, 0.15) is 11.4 Å². The van der Waals surface area contributed by atoms with Crippen molar-refractivity contribution in [1.82, 2.24) is 14.9 Å². The van der Waals surface area contributed by atoms with E-state index in [9.17, 15) is 22.8 Å². The number of halogens is 3. The van der Waals surface area contributed by atoms with E-state index in [0.29, 0.717) is 6.07 Å². The van der Waals surface area contributed by atoms with Crippen molar-refractivity contribution in [2.24, 2.45) is 0 Å². The van der Waals surface area contributed by atoms with Crippen molar-refractivity contribution in [3.63, 3.8) is 0 Å². The van der Waals surface area contributed by atoms with Crippen LogP contribution in [0.3, 0.4) is 0 Å². The zero-order valence-electron chi connectivity index (χ0n) is 14.5. The molecular formula is C18H16F3N3O2S. The van der Waals surface area contributed by atoms with E-state index in [4.69, 9.17) is 0 Å². The van der Waals surface area contributed by atoms with Crippen molar-refractivity contribution < 1.29 is 18.0 Å². The van der Waals surface area contributed by atoms with Gasteiger partial charge in [0.25, 0.3) is 5.91 Å². The van der Waals surface area contributed by atoms with Crippen molar-refractivity contribution in [2.45, 2.75) is 32.6 Å². The summed E-state index contributed by atoms with van der Waals surface area (Å²) in [5.41, 5.74) is 0.933. The number of carbonyl (C=O) groups excluding carboxylic acids is 1. The molecular weight excluding hydrogens is 379 g/mol.